The SMILES string of the molecule is O=C1CCC(=O)NC(c2cccs2)C(=O)N[C@@H](Cc2ccc(-c3ccccc3)cc2)C(=O)N[C@H](Cc2ccncc2)C(=O)N[C@H](C(=O)O)Cc2ccc(cc2)N1. The first kappa shape index (κ1) is 39.0. The summed E-state index contributed by atoms with van der Waals surface area (Å²) in [6, 6.07) is 25.4. The average Bonchev–Trinajstić information content (AvgIpc) is 3.74. The molecule has 5 amide bonds. The Morgan fingerprint density at radius 3 is 1.89 bits per heavy atom. The summed E-state index contributed by atoms with van der Waals surface area (Å²) in [5, 5.41) is 25.5. The molecule has 13 nitrogen and oxygen atoms in total. The van der Waals surface area contributed by atoms with Crippen molar-refractivity contribution >= 4 is 52.5 Å². The largest absolute Gasteiger partial charge is 0.480 e. The molecule has 56 heavy (non-hydrogen) atoms. The number of nitrogens with zero attached hydrogens (tertiary/aromatic N) is 1. The lowest BCUT2D eigenvalue weighted by atomic mass is 9.99. The molecule has 0 saturated carbocycles. The number of pyridine rings is 1. The second-order valence-electron chi connectivity index (χ2n) is 13.3. The van der Waals surface area contributed by atoms with Gasteiger partial charge in [-0.05, 0) is 63.5 Å². The van der Waals surface area contributed by atoms with Crippen molar-refractivity contribution in [3.05, 3.63) is 142 Å². The van der Waals surface area contributed by atoms with Crippen molar-refractivity contribution < 1.29 is 33.9 Å². The highest BCUT2D eigenvalue weighted by atomic mass is 32.1. The number of anilines is 1. The van der Waals surface area contributed by atoms with E-state index in [4.69, 9.17) is 0 Å². The van der Waals surface area contributed by atoms with E-state index in [9.17, 15) is 33.9 Å². The molecule has 2 aromatic heterocycles. The Labute approximate surface area is 327 Å². The van der Waals surface area contributed by atoms with Gasteiger partial charge in [0.15, 0.2) is 0 Å². The van der Waals surface area contributed by atoms with Gasteiger partial charge in [-0.15, -0.1) is 11.3 Å². The highest BCUT2D eigenvalue weighted by Crippen LogP contribution is 2.22. The monoisotopic (exact) mass is 772 g/mol. The lowest BCUT2D eigenvalue weighted by Gasteiger charge is -2.26. The highest BCUT2D eigenvalue weighted by Gasteiger charge is 2.33. The van der Waals surface area contributed by atoms with Crippen LogP contribution in [0.4, 0.5) is 5.69 Å². The van der Waals surface area contributed by atoms with E-state index in [2.05, 4.69) is 31.6 Å². The van der Waals surface area contributed by atoms with E-state index in [0.29, 0.717) is 27.3 Å². The molecule has 0 spiro atoms. The molecule has 0 saturated heterocycles. The quantitative estimate of drug-likeness (QED) is 0.134. The fraction of sp³-hybridized carbons (Fsp3) is 0.214. The number of thiophene rings is 1. The summed E-state index contributed by atoms with van der Waals surface area (Å²) in [6.45, 7) is 0. The van der Waals surface area contributed by atoms with Crippen LogP contribution in [0.25, 0.3) is 11.1 Å². The maximum atomic E-state index is 14.3. The number of carboxylic acids is 1. The van der Waals surface area contributed by atoms with Crippen LogP contribution in [0.15, 0.2) is 121 Å². The van der Waals surface area contributed by atoms with Crippen molar-refractivity contribution in [3.63, 3.8) is 0 Å². The first-order chi connectivity index (χ1) is 27.1. The van der Waals surface area contributed by atoms with Gasteiger partial charge in [0.05, 0.1) is 0 Å². The summed E-state index contributed by atoms with van der Waals surface area (Å²) in [5.41, 5.74) is 4.28. The van der Waals surface area contributed by atoms with Gasteiger partial charge in [0, 0.05) is 55.1 Å². The molecule has 2 bridgehead atoms. The van der Waals surface area contributed by atoms with Gasteiger partial charge >= 0.3 is 5.97 Å². The fourth-order valence-corrected chi connectivity index (χ4v) is 7.01. The number of carbonyl (C=O) groups is 6. The van der Waals surface area contributed by atoms with E-state index >= 15 is 0 Å². The molecule has 4 atom stereocenters. The van der Waals surface area contributed by atoms with Crippen molar-refractivity contribution in [2.24, 2.45) is 0 Å². The number of hydrogen-bond acceptors (Lipinski definition) is 8. The van der Waals surface area contributed by atoms with Gasteiger partial charge in [0.2, 0.25) is 29.5 Å². The Kier molecular flexibility index (Phi) is 13.0. The number of nitrogens with one attached hydrogen (secondary N) is 5. The molecule has 7 rings (SSSR count). The molecule has 6 N–H and O–H groups in total. The first-order valence-electron chi connectivity index (χ1n) is 18.0. The van der Waals surface area contributed by atoms with E-state index in [1.807, 2.05) is 54.6 Å². The molecule has 1 unspecified atom stereocenters. The number of aromatic nitrogens is 1. The number of carbonyl (C=O) groups excluding carboxylic acids is 5. The topological polar surface area (TPSA) is 196 Å². The van der Waals surface area contributed by atoms with Gasteiger partial charge < -0.3 is 31.7 Å². The molecule has 286 valence electrons. The van der Waals surface area contributed by atoms with Gasteiger partial charge in [-0.25, -0.2) is 4.79 Å². The molecule has 0 aliphatic carbocycles. The van der Waals surface area contributed by atoms with E-state index in [1.54, 1.807) is 53.9 Å². The smallest absolute Gasteiger partial charge is 0.326 e. The van der Waals surface area contributed by atoms with Crippen LogP contribution < -0.4 is 26.6 Å². The third-order valence-electron chi connectivity index (χ3n) is 9.22. The van der Waals surface area contributed by atoms with Gasteiger partial charge in [-0.3, -0.25) is 29.0 Å². The zero-order chi connectivity index (χ0) is 39.4. The second-order valence-corrected chi connectivity index (χ2v) is 14.3. The minimum absolute atomic E-state index is 0.00902. The van der Waals surface area contributed by atoms with Crippen molar-refractivity contribution in [2.75, 3.05) is 5.32 Å². The predicted octanol–water partition coefficient (Wildman–Crippen LogP) is 3.97. The molecule has 5 aromatic rings. The fourth-order valence-electron chi connectivity index (χ4n) is 6.24. The summed E-state index contributed by atoms with van der Waals surface area (Å²) in [4.78, 5) is 85.3. The highest BCUT2D eigenvalue weighted by molar-refractivity contribution is 7.10. The van der Waals surface area contributed by atoms with Crippen LogP contribution in [-0.4, -0.2) is 63.7 Å². The number of hydrogen-bond donors (Lipinski definition) is 6. The molecule has 2 aliphatic rings. The third-order valence-corrected chi connectivity index (χ3v) is 10.2. The Morgan fingerprint density at radius 1 is 0.643 bits per heavy atom. The van der Waals surface area contributed by atoms with E-state index in [1.165, 1.54) is 23.7 Å². The summed E-state index contributed by atoms with van der Waals surface area (Å²) < 4.78 is 0. The lowest BCUT2D eigenvalue weighted by Crippen LogP contribution is -2.58. The van der Waals surface area contributed by atoms with Crippen molar-refractivity contribution in [1.82, 2.24) is 26.3 Å². The zero-order valence-corrected chi connectivity index (χ0v) is 31.0. The second kappa shape index (κ2) is 18.6. The van der Waals surface area contributed by atoms with Gasteiger partial charge in [0.1, 0.15) is 24.2 Å². The van der Waals surface area contributed by atoms with Gasteiger partial charge in [-0.1, -0.05) is 72.8 Å². The summed E-state index contributed by atoms with van der Waals surface area (Å²) in [7, 11) is 0. The van der Waals surface area contributed by atoms with E-state index in [0.717, 1.165) is 11.1 Å². The first-order valence-corrected chi connectivity index (χ1v) is 18.9. The van der Waals surface area contributed by atoms with Crippen LogP contribution in [-0.2, 0) is 48.0 Å². The summed E-state index contributed by atoms with van der Waals surface area (Å²) >= 11 is 1.23. The molecule has 0 fully saturated rings. The summed E-state index contributed by atoms with van der Waals surface area (Å²) in [6.07, 6.45) is 2.58. The molecule has 2 aliphatic heterocycles. The van der Waals surface area contributed by atoms with Crippen molar-refractivity contribution in [3.8, 4) is 11.1 Å². The molecule has 3 aromatic carbocycles. The molecular weight excluding hydrogens is 733 g/mol. The zero-order valence-electron chi connectivity index (χ0n) is 30.1. The number of aliphatic carboxylic acids is 1. The number of carboxylic acid groups (broad SMARTS) is 1. The molecular formula is C42H40N6O7S. The molecule has 0 radical (unpaired) electrons. The lowest BCUT2D eigenvalue weighted by molar-refractivity contribution is -0.142. The maximum Gasteiger partial charge on any atom is 0.326 e. The Bertz CT molecular complexity index is 2150. The molecule has 4 heterocycles. The third kappa shape index (κ3) is 10.7. The minimum Gasteiger partial charge on any atom is -0.480 e. The normalized spacial score (nSPS) is 20.0. The van der Waals surface area contributed by atoms with Crippen LogP contribution >= 0.6 is 11.3 Å². The minimum atomic E-state index is -1.36. The summed E-state index contributed by atoms with van der Waals surface area (Å²) in [5.74, 6) is -4.43. The van der Waals surface area contributed by atoms with Crippen LogP contribution in [0.5, 0.6) is 0 Å². The van der Waals surface area contributed by atoms with Crippen LogP contribution in [0, 0.1) is 0 Å². The van der Waals surface area contributed by atoms with E-state index in [-0.39, 0.29) is 32.1 Å². The van der Waals surface area contributed by atoms with Crippen LogP contribution in [0.1, 0.15) is 40.5 Å². The number of amides is 5. The maximum absolute atomic E-state index is 14.3. The van der Waals surface area contributed by atoms with Gasteiger partial charge in [-0.2, -0.15) is 0 Å². The van der Waals surface area contributed by atoms with Gasteiger partial charge in [0.25, 0.3) is 0 Å². The van der Waals surface area contributed by atoms with Crippen molar-refractivity contribution in [2.45, 2.75) is 56.3 Å². The number of rotatable bonds is 7. The Hall–Kier alpha value is -6.67. The number of fused-ring (bicyclic) bond motifs is 18. The van der Waals surface area contributed by atoms with Crippen LogP contribution in [0.2, 0.25) is 0 Å². The van der Waals surface area contributed by atoms with Crippen molar-refractivity contribution in [1.29, 1.82) is 0 Å². The van der Waals surface area contributed by atoms with Crippen LogP contribution in [0.3, 0.4) is 0 Å². The number of benzene rings is 3. The average molecular weight is 773 g/mol. The standard InChI is InChI=1S/C42H40N6O7S/c49-36-16-17-37(50)48-38(35-7-4-22-56-35)41(53)46-33(23-26-8-12-30(13-9-26)29-5-2-1-3-6-29)39(51)45-32(24-28-18-20-43-21-19-28)40(52)47-34(42(54)55)25-27-10-14-31(44-36)15-11-27/h1-15,18-22,32-34,38H,16-17,23-25H2,(H,44,49)(H,45,51)(H,46,53)(H,47,52)(H,48,50)(H,54,55)/t32-,33+,34+,38?/m1/s1. The van der Waals surface area contributed by atoms with E-state index < -0.39 is 59.7 Å². The molecule has 14 heteroatoms. The Morgan fingerprint density at radius 2 is 1.25 bits per heavy atom. The predicted molar refractivity (Wildman–Crippen MR) is 210 cm³/mol. The Balaban J connectivity index is 1.34.